The van der Waals surface area contributed by atoms with Crippen LogP contribution in [0.3, 0.4) is 0 Å². The third-order valence-corrected chi connectivity index (χ3v) is 3.76. The molecule has 26 heavy (non-hydrogen) atoms. The summed E-state index contributed by atoms with van der Waals surface area (Å²) in [4.78, 5) is 24.6. The number of hydrogen-bond acceptors (Lipinski definition) is 3. The van der Waals surface area contributed by atoms with Gasteiger partial charge in [0.2, 0.25) is 11.8 Å². The van der Waals surface area contributed by atoms with Crippen molar-refractivity contribution in [3.63, 3.8) is 0 Å². The first-order valence-corrected chi connectivity index (χ1v) is 8.04. The lowest BCUT2D eigenvalue weighted by Gasteiger charge is -2.21. The van der Waals surface area contributed by atoms with Crippen LogP contribution < -0.4 is 15.0 Å². The zero-order chi connectivity index (χ0) is 19.1. The Kier molecular flexibility index (Phi) is 6.66. The molecule has 0 aliphatic carbocycles. The topological polar surface area (TPSA) is 58.6 Å². The maximum atomic E-state index is 13.9. The van der Waals surface area contributed by atoms with Crippen LogP contribution >= 0.6 is 0 Å². The Morgan fingerprint density at radius 3 is 2.38 bits per heavy atom. The lowest BCUT2D eigenvalue weighted by atomic mass is 10.1. The number of para-hydroxylation sites is 1. The van der Waals surface area contributed by atoms with Crippen LogP contribution in [-0.2, 0) is 16.0 Å². The first-order chi connectivity index (χ1) is 12.4. The van der Waals surface area contributed by atoms with E-state index in [4.69, 9.17) is 4.74 Å². The molecule has 0 aliphatic rings. The average molecular weight is 362 g/mol. The molecule has 2 amide bonds. The molecule has 0 unspecified atom stereocenters. The Bertz CT molecular complexity index is 776. The molecular formula is C19H20F2N2O3. The molecule has 0 atom stereocenters. The fourth-order valence-electron chi connectivity index (χ4n) is 2.47. The SMILES string of the molecule is COc1cccc(CCNC(=O)CN(C(C)=O)c2c(F)cccc2F)c1. The number of benzene rings is 2. The fraction of sp³-hybridized carbons (Fsp3) is 0.263. The van der Waals surface area contributed by atoms with E-state index in [0.29, 0.717) is 18.7 Å². The molecule has 1 N–H and O–H groups in total. The number of rotatable bonds is 7. The minimum absolute atomic E-state index is 0.317. The first-order valence-electron chi connectivity index (χ1n) is 8.04. The van der Waals surface area contributed by atoms with Gasteiger partial charge in [0.25, 0.3) is 0 Å². The van der Waals surface area contributed by atoms with Crippen LogP contribution in [0.4, 0.5) is 14.5 Å². The Hall–Kier alpha value is -2.96. The molecule has 5 nitrogen and oxygen atoms in total. The summed E-state index contributed by atoms with van der Waals surface area (Å²) in [7, 11) is 1.57. The second kappa shape index (κ2) is 8.94. The van der Waals surface area contributed by atoms with E-state index in [1.54, 1.807) is 7.11 Å². The largest absolute Gasteiger partial charge is 0.497 e. The van der Waals surface area contributed by atoms with E-state index in [1.807, 2.05) is 24.3 Å². The summed E-state index contributed by atoms with van der Waals surface area (Å²) >= 11 is 0. The van der Waals surface area contributed by atoms with Crippen molar-refractivity contribution < 1.29 is 23.1 Å². The van der Waals surface area contributed by atoms with Crippen molar-refractivity contribution in [1.82, 2.24) is 5.32 Å². The molecule has 0 spiro atoms. The quantitative estimate of drug-likeness (QED) is 0.824. The van der Waals surface area contributed by atoms with E-state index in [-0.39, 0.29) is 0 Å². The average Bonchev–Trinajstić information content (AvgIpc) is 2.60. The molecule has 2 aromatic rings. The Morgan fingerprint density at radius 2 is 1.77 bits per heavy atom. The molecule has 138 valence electrons. The van der Waals surface area contributed by atoms with Crippen LogP contribution in [0, 0.1) is 11.6 Å². The van der Waals surface area contributed by atoms with Crippen LogP contribution in [0.2, 0.25) is 0 Å². The van der Waals surface area contributed by atoms with Gasteiger partial charge in [0.1, 0.15) is 29.6 Å². The normalized spacial score (nSPS) is 10.3. The van der Waals surface area contributed by atoms with Crippen molar-refractivity contribution in [2.75, 3.05) is 25.1 Å². The summed E-state index contributed by atoms with van der Waals surface area (Å²) in [5.74, 6) is -2.22. The monoisotopic (exact) mass is 362 g/mol. The van der Waals surface area contributed by atoms with Gasteiger partial charge in [-0.05, 0) is 36.2 Å². The maximum Gasteiger partial charge on any atom is 0.240 e. The van der Waals surface area contributed by atoms with Gasteiger partial charge in [-0.3, -0.25) is 14.5 Å². The number of nitrogens with zero attached hydrogens (tertiary/aromatic N) is 1. The molecule has 0 radical (unpaired) electrons. The van der Waals surface area contributed by atoms with Gasteiger partial charge in [-0.25, -0.2) is 8.78 Å². The van der Waals surface area contributed by atoms with Gasteiger partial charge in [0, 0.05) is 13.5 Å². The van der Waals surface area contributed by atoms with Crippen LogP contribution in [0.15, 0.2) is 42.5 Å². The summed E-state index contributed by atoms with van der Waals surface area (Å²) in [6.45, 7) is 0.998. The van der Waals surface area contributed by atoms with E-state index in [1.165, 1.54) is 6.07 Å². The van der Waals surface area contributed by atoms with Crippen LogP contribution in [0.1, 0.15) is 12.5 Å². The third-order valence-electron chi connectivity index (χ3n) is 3.76. The van der Waals surface area contributed by atoms with Gasteiger partial charge >= 0.3 is 0 Å². The number of halogens is 2. The van der Waals surface area contributed by atoms with Crippen LogP contribution in [0.25, 0.3) is 0 Å². The number of hydrogen-bond donors (Lipinski definition) is 1. The van der Waals surface area contributed by atoms with Gasteiger partial charge in [0.05, 0.1) is 7.11 Å². The highest BCUT2D eigenvalue weighted by Gasteiger charge is 2.22. The second-order valence-corrected chi connectivity index (χ2v) is 5.63. The summed E-state index contributed by atoms with van der Waals surface area (Å²) in [6, 6.07) is 10.7. The van der Waals surface area contributed by atoms with E-state index >= 15 is 0 Å². The molecule has 0 fully saturated rings. The van der Waals surface area contributed by atoms with E-state index in [9.17, 15) is 18.4 Å². The zero-order valence-corrected chi connectivity index (χ0v) is 14.6. The Balaban J connectivity index is 1.97. The fourth-order valence-corrected chi connectivity index (χ4v) is 2.47. The zero-order valence-electron chi connectivity index (χ0n) is 14.6. The highest BCUT2D eigenvalue weighted by molar-refractivity contribution is 5.97. The standard InChI is InChI=1S/C19H20F2N2O3/c1-13(24)23(19-16(20)7-4-8-17(19)21)12-18(25)22-10-9-14-5-3-6-15(11-14)26-2/h3-8,11H,9-10,12H2,1-2H3,(H,22,25). The van der Waals surface area contributed by atoms with Crippen molar-refractivity contribution in [2.24, 2.45) is 0 Å². The molecule has 0 heterocycles. The molecule has 0 aromatic heterocycles. The molecule has 2 rings (SSSR count). The predicted molar refractivity (Wildman–Crippen MR) is 94.1 cm³/mol. The smallest absolute Gasteiger partial charge is 0.240 e. The van der Waals surface area contributed by atoms with Gasteiger partial charge in [-0.1, -0.05) is 18.2 Å². The van der Waals surface area contributed by atoms with E-state index in [0.717, 1.165) is 29.5 Å². The van der Waals surface area contributed by atoms with Crippen molar-refractivity contribution in [3.8, 4) is 5.75 Å². The van der Waals surface area contributed by atoms with Crippen molar-refractivity contribution >= 4 is 17.5 Å². The van der Waals surface area contributed by atoms with E-state index < -0.39 is 35.7 Å². The molecule has 7 heteroatoms. The van der Waals surface area contributed by atoms with Gasteiger partial charge in [0.15, 0.2) is 0 Å². The Labute approximate surface area is 150 Å². The van der Waals surface area contributed by atoms with Gasteiger partial charge in [-0.15, -0.1) is 0 Å². The molecule has 0 bridgehead atoms. The molecule has 0 saturated carbocycles. The van der Waals surface area contributed by atoms with Crippen molar-refractivity contribution in [2.45, 2.75) is 13.3 Å². The maximum absolute atomic E-state index is 13.9. The highest BCUT2D eigenvalue weighted by atomic mass is 19.1. The minimum atomic E-state index is -0.899. The highest BCUT2D eigenvalue weighted by Crippen LogP contribution is 2.23. The molecular weight excluding hydrogens is 342 g/mol. The lowest BCUT2D eigenvalue weighted by molar-refractivity contribution is -0.123. The summed E-state index contributed by atoms with van der Waals surface area (Å²) in [5, 5.41) is 2.64. The van der Waals surface area contributed by atoms with Crippen LogP contribution in [-0.4, -0.2) is 32.0 Å². The number of carbonyl (C=O) groups is 2. The summed E-state index contributed by atoms with van der Waals surface area (Å²) in [6.07, 6.45) is 0.553. The molecule has 0 aliphatic heterocycles. The number of anilines is 1. The molecule has 2 aromatic carbocycles. The number of carbonyl (C=O) groups excluding carboxylic acids is 2. The molecule has 0 saturated heterocycles. The number of amides is 2. The first kappa shape index (κ1) is 19.4. The van der Waals surface area contributed by atoms with Gasteiger partial charge < -0.3 is 10.1 Å². The second-order valence-electron chi connectivity index (χ2n) is 5.63. The number of nitrogens with one attached hydrogen (secondary N) is 1. The van der Waals surface area contributed by atoms with Crippen LogP contribution in [0.5, 0.6) is 5.75 Å². The summed E-state index contributed by atoms with van der Waals surface area (Å²) in [5.41, 5.74) is 0.441. The summed E-state index contributed by atoms with van der Waals surface area (Å²) < 4.78 is 32.9. The van der Waals surface area contributed by atoms with Crippen molar-refractivity contribution in [1.29, 1.82) is 0 Å². The van der Waals surface area contributed by atoms with Crippen molar-refractivity contribution in [3.05, 3.63) is 59.7 Å². The minimum Gasteiger partial charge on any atom is -0.497 e. The predicted octanol–water partition coefficient (Wildman–Crippen LogP) is 2.69. The van der Waals surface area contributed by atoms with Gasteiger partial charge in [-0.2, -0.15) is 0 Å². The number of ether oxygens (including phenoxy) is 1. The third kappa shape index (κ3) is 5.02. The van der Waals surface area contributed by atoms with E-state index in [2.05, 4.69) is 5.32 Å². The Morgan fingerprint density at radius 1 is 1.12 bits per heavy atom. The lowest BCUT2D eigenvalue weighted by Crippen LogP contribution is -2.41. The number of methoxy groups -OCH3 is 1.